The van der Waals surface area contributed by atoms with Crippen molar-refractivity contribution in [3.8, 4) is 17.6 Å². The van der Waals surface area contributed by atoms with Gasteiger partial charge in [0.25, 0.3) is 5.91 Å². The maximum absolute atomic E-state index is 12.2. The molecule has 1 saturated heterocycles. The van der Waals surface area contributed by atoms with Gasteiger partial charge in [0.15, 0.2) is 11.5 Å². The first kappa shape index (κ1) is 13.2. The normalized spacial score (nSPS) is 16.1. The van der Waals surface area contributed by atoms with Crippen molar-refractivity contribution in [2.75, 3.05) is 32.7 Å². The lowest BCUT2D eigenvalue weighted by Crippen LogP contribution is -2.48. The van der Waals surface area contributed by atoms with E-state index in [1.54, 1.807) is 4.90 Å². The number of amides is 1. The second-order valence-corrected chi connectivity index (χ2v) is 4.43. The molecule has 2 rings (SSSR count). The van der Waals surface area contributed by atoms with Gasteiger partial charge in [-0.3, -0.25) is 9.69 Å². The molecule has 0 unspecified atom stereocenters. The monoisotopic (exact) mass is 261 g/mol. The van der Waals surface area contributed by atoms with Crippen molar-refractivity contribution < 1.29 is 15.0 Å². The summed E-state index contributed by atoms with van der Waals surface area (Å²) < 4.78 is 0. The summed E-state index contributed by atoms with van der Waals surface area (Å²) in [7, 11) is 0. The fraction of sp³-hybridized carbons (Fsp3) is 0.385. The summed E-state index contributed by atoms with van der Waals surface area (Å²) in [5.74, 6) is -0.712. The van der Waals surface area contributed by atoms with Crippen LogP contribution in [0.4, 0.5) is 0 Å². The molecular weight excluding hydrogens is 246 g/mol. The van der Waals surface area contributed by atoms with Gasteiger partial charge in [-0.2, -0.15) is 5.26 Å². The lowest BCUT2D eigenvalue weighted by molar-refractivity contribution is 0.0651. The van der Waals surface area contributed by atoms with E-state index in [2.05, 4.69) is 6.07 Å². The van der Waals surface area contributed by atoms with E-state index in [0.29, 0.717) is 38.3 Å². The van der Waals surface area contributed by atoms with Gasteiger partial charge < -0.3 is 15.1 Å². The Balaban J connectivity index is 2.01. The van der Waals surface area contributed by atoms with Crippen molar-refractivity contribution in [2.24, 2.45) is 0 Å². The van der Waals surface area contributed by atoms with Gasteiger partial charge in [0.05, 0.1) is 12.6 Å². The highest BCUT2D eigenvalue weighted by molar-refractivity contribution is 5.95. The molecule has 19 heavy (non-hydrogen) atoms. The van der Waals surface area contributed by atoms with Crippen molar-refractivity contribution in [3.05, 3.63) is 23.8 Å². The number of phenolic OH excluding ortho intramolecular Hbond substituents is 2. The molecule has 0 aliphatic carbocycles. The molecule has 0 aromatic heterocycles. The number of nitrogens with zero attached hydrogens (tertiary/aromatic N) is 3. The molecule has 1 aliphatic heterocycles. The number of hydrogen-bond acceptors (Lipinski definition) is 5. The van der Waals surface area contributed by atoms with Gasteiger partial charge in [-0.1, -0.05) is 0 Å². The quantitative estimate of drug-likeness (QED) is 0.593. The van der Waals surface area contributed by atoms with Gasteiger partial charge >= 0.3 is 0 Å². The average molecular weight is 261 g/mol. The van der Waals surface area contributed by atoms with E-state index in [1.807, 2.05) is 4.90 Å². The number of hydrogen-bond donors (Lipinski definition) is 2. The molecule has 0 atom stereocenters. The fourth-order valence-electron chi connectivity index (χ4n) is 2.05. The number of carbonyl (C=O) groups is 1. The first-order valence-corrected chi connectivity index (χ1v) is 6.02. The highest BCUT2D eigenvalue weighted by atomic mass is 16.3. The van der Waals surface area contributed by atoms with Crippen LogP contribution in [0.3, 0.4) is 0 Å². The van der Waals surface area contributed by atoms with Crippen molar-refractivity contribution in [2.45, 2.75) is 0 Å². The minimum Gasteiger partial charge on any atom is -0.504 e. The number of rotatable bonds is 2. The van der Waals surface area contributed by atoms with E-state index < -0.39 is 0 Å². The van der Waals surface area contributed by atoms with Crippen LogP contribution in [0, 0.1) is 11.3 Å². The number of benzene rings is 1. The molecule has 1 fully saturated rings. The summed E-state index contributed by atoms with van der Waals surface area (Å²) in [4.78, 5) is 15.8. The number of piperazine rings is 1. The van der Waals surface area contributed by atoms with E-state index in [9.17, 15) is 15.0 Å². The lowest BCUT2D eigenvalue weighted by atomic mass is 10.1. The van der Waals surface area contributed by atoms with E-state index >= 15 is 0 Å². The number of nitriles is 1. The molecule has 6 nitrogen and oxygen atoms in total. The molecule has 0 spiro atoms. The maximum atomic E-state index is 12.2. The Kier molecular flexibility index (Phi) is 3.88. The van der Waals surface area contributed by atoms with Crippen LogP contribution in [0.5, 0.6) is 11.5 Å². The molecule has 2 N–H and O–H groups in total. The van der Waals surface area contributed by atoms with Crippen LogP contribution >= 0.6 is 0 Å². The molecule has 1 amide bonds. The number of aromatic hydroxyl groups is 2. The highest BCUT2D eigenvalue weighted by Crippen LogP contribution is 2.25. The summed E-state index contributed by atoms with van der Waals surface area (Å²) >= 11 is 0. The third-order valence-electron chi connectivity index (χ3n) is 3.18. The van der Waals surface area contributed by atoms with Crippen LogP contribution in [-0.4, -0.2) is 58.6 Å². The zero-order valence-corrected chi connectivity index (χ0v) is 10.4. The minimum atomic E-state index is -0.297. The maximum Gasteiger partial charge on any atom is 0.254 e. The summed E-state index contributed by atoms with van der Waals surface area (Å²) in [5, 5.41) is 27.2. The molecule has 1 aliphatic rings. The average Bonchev–Trinajstić information content (AvgIpc) is 2.42. The predicted molar refractivity (Wildman–Crippen MR) is 67.7 cm³/mol. The summed E-state index contributed by atoms with van der Waals surface area (Å²) in [6.07, 6.45) is 0. The topological polar surface area (TPSA) is 87.8 Å². The van der Waals surface area contributed by atoms with E-state index in [4.69, 9.17) is 5.26 Å². The van der Waals surface area contributed by atoms with Gasteiger partial charge in [0.2, 0.25) is 0 Å². The van der Waals surface area contributed by atoms with Gasteiger partial charge in [-0.25, -0.2) is 0 Å². The van der Waals surface area contributed by atoms with Gasteiger partial charge in [0, 0.05) is 31.7 Å². The number of phenols is 2. The molecule has 1 aromatic carbocycles. The molecule has 0 radical (unpaired) electrons. The van der Waals surface area contributed by atoms with Gasteiger partial charge in [-0.05, 0) is 18.2 Å². The minimum absolute atomic E-state index is 0.174. The van der Waals surface area contributed by atoms with Crippen molar-refractivity contribution in [1.29, 1.82) is 5.26 Å². The van der Waals surface area contributed by atoms with Crippen molar-refractivity contribution in [1.82, 2.24) is 9.80 Å². The van der Waals surface area contributed by atoms with Crippen LogP contribution in [0.25, 0.3) is 0 Å². The van der Waals surface area contributed by atoms with Crippen LogP contribution in [0.2, 0.25) is 0 Å². The fourth-order valence-corrected chi connectivity index (χ4v) is 2.05. The first-order valence-electron chi connectivity index (χ1n) is 6.02. The SMILES string of the molecule is N#CCN1CCN(C(=O)c2ccc(O)c(O)c2)CC1. The van der Waals surface area contributed by atoms with Crippen molar-refractivity contribution in [3.63, 3.8) is 0 Å². The first-order chi connectivity index (χ1) is 9.11. The van der Waals surface area contributed by atoms with Gasteiger partial charge in [-0.15, -0.1) is 0 Å². The molecule has 1 aromatic rings. The van der Waals surface area contributed by atoms with E-state index in [1.165, 1.54) is 18.2 Å². The molecule has 1 heterocycles. The van der Waals surface area contributed by atoms with Crippen LogP contribution < -0.4 is 0 Å². The standard InChI is InChI=1S/C13H15N3O3/c14-3-4-15-5-7-16(8-6-15)13(19)10-1-2-11(17)12(18)9-10/h1-2,9,17-18H,4-8H2. The third kappa shape index (κ3) is 2.95. The predicted octanol–water partition coefficient (Wildman–Crippen LogP) is 0.379. The summed E-state index contributed by atoms with van der Waals surface area (Å²) in [6.45, 7) is 2.83. The summed E-state index contributed by atoms with van der Waals surface area (Å²) in [6, 6.07) is 6.14. The molecule has 100 valence electrons. The smallest absolute Gasteiger partial charge is 0.254 e. The van der Waals surface area contributed by atoms with E-state index in [-0.39, 0.29) is 17.4 Å². The Bertz CT molecular complexity index is 516. The largest absolute Gasteiger partial charge is 0.504 e. The molecule has 6 heteroatoms. The molecular formula is C13H15N3O3. The molecule has 0 saturated carbocycles. The second kappa shape index (κ2) is 5.59. The van der Waals surface area contributed by atoms with E-state index in [0.717, 1.165) is 0 Å². The van der Waals surface area contributed by atoms with Crippen molar-refractivity contribution >= 4 is 5.91 Å². The Labute approximate surface area is 111 Å². The Morgan fingerprint density at radius 1 is 1.21 bits per heavy atom. The Morgan fingerprint density at radius 2 is 1.89 bits per heavy atom. The zero-order valence-electron chi connectivity index (χ0n) is 10.4. The number of carbonyl (C=O) groups excluding carboxylic acids is 1. The summed E-state index contributed by atoms with van der Waals surface area (Å²) in [5.41, 5.74) is 0.351. The highest BCUT2D eigenvalue weighted by Gasteiger charge is 2.22. The Hall–Kier alpha value is -2.26. The zero-order chi connectivity index (χ0) is 13.8. The van der Waals surface area contributed by atoms with Crippen LogP contribution in [0.15, 0.2) is 18.2 Å². The Morgan fingerprint density at radius 3 is 2.47 bits per heavy atom. The third-order valence-corrected chi connectivity index (χ3v) is 3.18. The molecule has 0 bridgehead atoms. The lowest BCUT2D eigenvalue weighted by Gasteiger charge is -2.33. The van der Waals surface area contributed by atoms with Crippen LogP contribution in [0.1, 0.15) is 10.4 Å². The van der Waals surface area contributed by atoms with Crippen LogP contribution in [-0.2, 0) is 0 Å². The second-order valence-electron chi connectivity index (χ2n) is 4.43. The van der Waals surface area contributed by atoms with Gasteiger partial charge in [0.1, 0.15) is 0 Å².